The van der Waals surface area contributed by atoms with E-state index in [2.05, 4.69) is 5.32 Å². The van der Waals surface area contributed by atoms with E-state index in [9.17, 15) is 4.79 Å². The standard InChI is InChI=1S/C22H23N3O2/c1-3-27-19-12-8-7-11-18(19)22(26)23-21-15(2)20(16-13-14-16)24-25(21)17-9-5-4-6-10-17/h4-12,16H,3,13-14H2,1-2H3,(H,23,26). The zero-order valence-electron chi connectivity index (χ0n) is 15.6. The topological polar surface area (TPSA) is 56.1 Å². The molecule has 5 nitrogen and oxygen atoms in total. The van der Waals surface area contributed by atoms with Crippen LogP contribution < -0.4 is 10.1 Å². The highest BCUT2D eigenvalue weighted by Gasteiger charge is 2.31. The van der Waals surface area contributed by atoms with E-state index in [1.165, 1.54) is 0 Å². The van der Waals surface area contributed by atoms with Crippen LogP contribution in [0.2, 0.25) is 0 Å². The first-order valence-corrected chi connectivity index (χ1v) is 9.37. The summed E-state index contributed by atoms with van der Waals surface area (Å²) in [5, 5.41) is 7.90. The summed E-state index contributed by atoms with van der Waals surface area (Å²) < 4.78 is 7.45. The van der Waals surface area contributed by atoms with Gasteiger partial charge in [-0.1, -0.05) is 30.3 Å². The third-order valence-electron chi connectivity index (χ3n) is 4.79. The number of aromatic nitrogens is 2. The molecule has 1 aromatic heterocycles. The summed E-state index contributed by atoms with van der Waals surface area (Å²) in [6.07, 6.45) is 2.32. The molecule has 1 fully saturated rings. The number of hydrogen-bond donors (Lipinski definition) is 1. The zero-order chi connectivity index (χ0) is 18.8. The molecule has 3 aromatic rings. The maximum atomic E-state index is 13.0. The molecule has 1 N–H and O–H groups in total. The number of hydrogen-bond acceptors (Lipinski definition) is 3. The van der Waals surface area contributed by atoms with Crippen molar-refractivity contribution < 1.29 is 9.53 Å². The predicted octanol–water partition coefficient (Wildman–Crippen LogP) is 4.71. The van der Waals surface area contributed by atoms with Gasteiger partial charge in [0.1, 0.15) is 11.6 Å². The summed E-state index contributed by atoms with van der Waals surface area (Å²) in [6, 6.07) is 17.2. The Morgan fingerprint density at radius 3 is 2.56 bits per heavy atom. The summed E-state index contributed by atoms with van der Waals surface area (Å²) in [4.78, 5) is 13.0. The van der Waals surface area contributed by atoms with Crippen LogP contribution in [0.15, 0.2) is 54.6 Å². The van der Waals surface area contributed by atoms with Gasteiger partial charge in [0.15, 0.2) is 0 Å². The van der Waals surface area contributed by atoms with Crippen LogP contribution in [0.1, 0.15) is 47.3 Å². The number of para-hydroxylation sites is 2. The number of nitrogens with one attached hydrogen (secondary N) is 1. The van der Waals surface area contributed by atoms with Crippen LogP contribution in [0.5, 0.6) is 5.75 Å². The van der Waals surface area contributed by atoms with Crippen LogP contribution in [0.4, 0.5) is 5.82 Å². The zero-order valence-corrected chi connectivity index (χ0v) is 15.6. The summed E-state index contributed by atoms with van der Waals surface area (Å²) in [6.45, 7) is 4.45. The molecule has 1 amide bonds. The molecule has 0 bridgehead atoms. The first-order valence-electron chi connectivity index (χ1n) is 9.37. The number of carbonyl (C=O) groups is 1. The Balaban J connectivity index is 1.72. The lowest BCUT2D eigenvalue weighted by Crippen LogP contribution is -2.17. The minimum atomic E-state index is -0.193. The molecule has 0 aliphatic heterocycles. The van der Waals surface area contributed by atoms with Crippen molar-refractivity contribution in [2.45, 2.75) is 32.6 Å². The molecule has 0 spiro atoms. The number of benzene rings is 2. The monoisotopic (exact) mass is 361 g/mol. The van der Waals surface area contributed by atoms with Gasteiger partial charge < -0.3 is 10.1 Å². The van der Waals surface area contributed by atoms with E-state index in [1.807, 2.05) is 67.1 Å². The number of amides is 1. The van der Waals surface area contributed by atoms with E-state index in [0.717, 1.165) is 35.6 Å². The summed E-state index contributed by atoms with van der Waals surface area (Å²) >= 11 is 0. The van der Waals surface area contributed by atoms with E-state index in [4.69, 9.17) is 9.84 Å². The second-order valence-electron chi connectivity index (χ2n) is 6.76. The fraction of sp³-hybridized carbons (Fsp3) is 0.273. The van der Waals surface area contributed by atoms with E-state index in [0.29, 0.717) is 23.8 Å². The number of rotatable bonds is 6. The molecule has 1 aliphatic carbocycles. The smallest absolute Gasteiger partial charge is 0.260 e. The average Bonchev–Trinajstić information content (AvgIpc) is 3.49. The van der Waals surface area contributed by atoms with E-state index in [1.54, 1.807) is 6.07 Å². The molecule has 1 heterocycles. The summed E-state index contributed by atoms with van der Waals surface area (Å²) in [7, 11) is 0. The maximum Gasteiger partial charge on any atom is 0.260 e. The van der Waals surface area contributed by atoms with Crippen molar-refractivity contribution in [3.8, 4) is 11.4 Å². The molecule has 0 unspecified atom stereocenters. The van der Waals surface area contributed by atoms with Gasteiger partial charge in [-0.05, 0) is 51.0 Å². The molecule has 27 heavy (non-hydrogen) atoms. The first kappa shape index (κ1) is 17.3. The summed E-state index contributed by atoms with van der Waals surface area (Å²) in [5.74, 6) is 1.62. The highest BCUT2D eigenvalue weighted by atomic mass is 16.5. The Bertz CT molecular complexity index is 959. The van der Waals surface area contributed by atoms with Gasteiger partial charge >= 0.3 is 0 Å². The van der Waals surface area contributed by atoms with Gasteiger partial charge in [-0.2, -0.15) is 5.10 Å². The second kappa shape index (κ2) is 7.27. The highest BCUT2D eigenvalue weighted by Crippen LogP contribution is 2.43. The Labute approximate surface area is 159 Å². The molecule has 138 valence electrons. The highest BCUT2D eigenvalue weighted by molar-refractivity contribution is 6.06. The summed E-state index contributed by atoms with van der Waals surface area (Å²) in [5.41, 5.74) is 3.56. The average molecular weight is 361 g/mol. The van der Waals surface area contributed by atoms with Crippen molar-refractivity contribution in [2.75, 3.05) is 11.9 Å². The first-order chi connectivity index (χ1) is 13.2. The number of nitrogens with zero attached hydrogens (tertiary/aromatic N) is 2. The van der Waals surface area contributed by atoms with Crippen LogP contribution in [0, 0.1) is 6.92 Å². The van der Waals surface area contributed by atoms with E-state index in [-0.39, 0.29) is 5.91 Å². The van der Waals surface area contributed by atoms with Crippen molar-refractivity contribution in [3.63, 3.8) is 0 Å². The van der Waals surface area contributed by atoms with Crippen LogP contribution >= 0.6 is 0 Å². The van der Waals surface area contributed by atoms with Crippen LogP contribution in [0.25, 0.3) is 5.69 Å². The minimum Gasteiger partial charge on any atom is -0.493 e. The molecule has 4 rings (SSSR count). The molecule has 5 heteroatoms. The normalized spacial score (nSPS) is 13.4. The molecule has 0 radical (unpaired) electrons. The predicted molar refractivity (Wildman–Crippen MR) is 106 cm³/mol. The lowest BCUT2D eigenvalue weighted by molar-refractivity contribution is 0.102. The molecular formula is C22H23N3O2. The molecule has 0 atom stereocenters. The Kier molecular flexibility index (Phi) is 4.67. The van der Waals surface area contributed by atoms with Crippen molar-refractivity contribution in [1.29, 1.82) is 0 Å². The van der Waals surface area contributed by atoms with Gasteiger partial charge in [-0.25, -0.2) is 4.68 Å². The number of anilines is 1. The maximum absolute atomic E-state index is 13.0. The Morgan fingerprint density at radius 1 is 1.15 bits per heavy atom. The third-order valence-corrected chi connectivity index (χ3v) is 4.79. The van der Waals surface area contributed by atoms with Gasteiger partial charge in [0.05, 0.1) is 23.6 Å². The van der Waals surface area contributed by atoms with Crippen LogP contribution in [-0.4, -0.2) is 22.3 Å². The van der Waals surface area contributed by atoms with E-state index >= 15 is 0 Å². The van der Waals surface area contributed by atoms with Crippen molar-refractivity contribution in [3.05, 3.63) is 71.4 Å². The van der Waals surface area contributed by atoms with Crippen molar-refractivity contribution in [2.24, 2.45) is 0 Å². The van der Waals surface area contributed by atoms with Crippen LogP contribution in [0.3, 0.4) is 0 Å². The Hall–Kier alpha value is -3.08. The van der Waals surface area contributed by atoms with Crippen molar-refractivity contribution >= 4 is 11.7 Å². The molecular weight excluding hydrogens is 338 g/mol. The lowest BCUT2D eigenvalue weighted by Gasteiger charge is -2.12. The Morgan fingerprint density at radius 2 is 1.85 bits per heavy atom. The number of ether oxygens (including phenoxy) is 1. The SMILES string of the molecule is CCOc1ccccc1C(=O)Nc1c(C)c(C2CC2)nn1-c1ccccc1. The molecule has 2 aromatic carbocycles. The van der Waals surface area contributed by atoms with Gasteiger partial charge in [0, 0.05) is 11.5 Å². The molecule has 1 aliphatic rings. The van der Waals surface area contributed by atoms with Gasteiger partial charge in [0.25, 0.3) is 5.91 Å². The third kappa shape index (κ3) is 3.45. The molecule has 1 saturated carbocycles. The van der Waals surface area contributed by atoms with Gasteiger partial charge in [0.2, 0.25) is 0 Å². The van der Waals surface area contributed by atoms with Gasteiger partial charge in [-0.3, -0.25) is 4.79 Å². The fourth-order valence-electron chi connectivity index (χ4n) is 3.27. The largest absolute Gasteiger partial charge is 0.493 e. The lowest BCUT2D eigenvalue weighted by atomic mass is 10.1. The van der Waals surface area contributed by atoms with Crippen molar-refractivity contribution in [1.82, 2.24) is 9.78 Å². The van der Waals surface area contributed by atoms with Crippen LogP contribution in [-0.2, 0) is 0 Å². The molecule has 0 saturated heterocycles. The number of carbonyl (C=O) groups excluding carboxylic acids is 1. The van der Waals surface area contributed by atoms with E-state index < -0.39 is 0 Å². The fourth-order valence-corrected chi connectivity index (χ4v) is 3.27. The minimum absolute atomic E-state index is 0.193. The second-order valence-corrected chi connectivity index (χ2v) is 6.76. The van der Waals surface area contributed by atoms with Gasteiger partial charge in [-0.15, -0.1) is 0 Å². The quantitative estimate of drug-likeness (QED) is 0.692.